The third kappa shape index (κ3) is 3.82. The molecule has 0 aliphatic carbocycles. The van der Waals surface area contributed by atoms with Crippen LogP contribution in [0.2, 0.25) is 0 Å². The van der Waals surface area contributed by atoms with Crippen molar-refractivity contribution in [3.8, 4) is 0 Å². The van der Waals surface area contributed by atoms with E-state index in [9.17, 15) is 9.59 Å². The minimum atomic E-state index is -0.926. The summed E-state index contributed by atoms with van der Waals surface area (Å²) >= 11 is 3.40. The quantitative estimate of drug-likeness (QED) is 0.862. The lowest BCUT2D eigenvalue weighted by atomic mass is 9.85. The molecule has 0 saturated carbocycles. The lowest BCUT2D eigenvalue weighted by Gasteiger charge is -2.33. The molecule has 0 aliphatic rings. The van der Waals surface area contributed by atoms with Crippen molar-refractivity contribution in [3.63, 3.8) is 0 Å². The average Bonchev–Trinajstić information content (AvgIpc) is 2.31. The molecular weight excluding hydrogens is 322 g/mol. The number of aryl methyl sites for hydroxylation is 1. The maximum absolute atomic E-state index is 12.4. The van der Waals surface area contributed by atoms with Crippen molar-refractivity contribution in [1.29, 1.82) is 0 Å². The van der Waals surface area contributed by atoms with Gasteiger partial charge in [-0.1, -0.05) is 26.0 Å². The minimum absolute atomic E-state index is 0.00568. The molecule has 0 saturated heterocycles. The first-order valence-electron chi connectivity index (χ1n) is 6.47. The van der Waals surface area contributed by atoms with E-state index in [0.29, 0.717) is 5.56 Å². The Morgan fingerprint density at radius 2 is 2.00 bits per heavy atom. The fraction of sp³-hybridized carbons (Fsp3) is 0.467. The van der Waals surface area contributed by atoms with Crippen LogP contribution in [0.1, 0.15) is 43.1 Å². The third-order valence-corrected chi connectivity index (χ3v) is 4.68. The van der Waals surface area contributed by atoms with Crippen LogP contribution in [0.4, 0.5) is 0 Å². The standard InChI is InChI=1S/C15H20BrNO3/c1-9(2)15(4,8-12(18)19)17-14(20)11-7-5-6-10(3)13(11)16/h5-7,9H,8H2,1-4H3,(H,17,20)(H,18,19). The lowest BCUT2D eigenvalue weighted by molar-refractivity contribution is -0.138. The number of aliphatic carboxylic acids is 1. The molecule has 20 heavy (non-hydrogen) atoms. The summed E-state index contributed by atoms with van der Waals surface area (Å²) in [6.45, 7) is 7.45. The summed E-state index contributed by atoms with van der Waals surface area (Å²) in [6, 6.07) is 5.42. The van der Waals surface area contributed by atoms with Crippen molar-refractivity contribution in [1.82, 2.24) is 5.32 Å². The second-order valence-corrected chi connectivity index (χ2v) is 6.33. The van der Waals surface area contributed by atoms with Crippen LogP contribution in [0.15, 0.2) is 22.7 Å². The SMILES string of the molecule is Cc1cccc(C(=O)NC(C)(CC(=O)O)C(C)C)c1Br. The molecule has 2 N–H and O–H groups in total. The van der Waals surface area contributed by atoms with Gasteiger partial charge in [-0.25, -0.2) is 0 Å². The lowest BCUT2D eigenvalue weighted by Crippen LogP contribution is -2.51. The van der Waals surface area contributed by atoms with Crippen LogP contribution in [0.5, 0.6) is 0 Å². The van der Waals surface area contributed by atoms with E-state index in [4.69, 9.17) is 5.11 Å². The van der Waals surface area contributed by atoms with Gasteiger partial charge >= 0.3 is 5.97 Å². The molecular formula is C15H20BrNO3. The third-order valence-electron chi connectivity index (χ3n) is 3.63. The number of hydrogen-bond acceptors (Lipinski definition) is 2. The summed E-state index contributed by atoms with van der Waals surface area (Å²) in [5.41, 5.74) is 0.691. The maximum atomic E-state index is 12.4. The van der Waals surface area contributed by atoms with E-state index >= 15 is 0 Å². The Morgan fingerprint density at radius 1 is 1.40 bits per heavy atom. The first kappa shape index (κ1) is 16.7. The minimum Gasteiger partial charge on any atom is -0.481 e. The summed E-state index contributed by atoms with van der Waals surface area (Å²) < 4.78 is 0.735. The Morgan fingerprint density at radius 3 is 2.50 bits per heavy atom. The van der Waals surface area contributed by atoms with Crippen LogP contribution in [0.25, 0.3) is 0 Å². The molecule has 0 spiro atoms. The second kappa shape index (κ2) is 6.39. The number of carbonyl (C=O) groups excluding carboxylic acids is 1. The van der Waals surface area contributed by atoms with Crippen molar-refractivity contribution in [2.45, 2.75) is 39.7 Å². The van der Waals surface area contributed by atoms with Crippen molar-refractivity contribution < 1.29 is 14.7 Å². The molecule has 110 valence electrons. The normalized spacial score (nSPS) is 13.9. The van der Waals surface area contributed by atoms with Gasteiger partial charge in [0.25, 0.3) is 5.91 Å². The summed E-state index contributed by atoms with van der Waals surface area (Å²) in [5, 5.41) is 11.9. The number of rotatable bonds is 5. The van der Waals surface area contributed by atoms with Crippen molar-refractivity contribution in [2.24, 2.45) is 5.92 Å². The number of halogens is 1. The van der Waals surface area contributed by atoms with Gasteiger partial charge in [0.1, 0.15) is 0 Å². The van der Waals surface area contributed by atoms with E-state index in [2.05, 4.69) is 21.2 Å². The second-order valence-electron chi connectivity index (χ2n) is 5.53. The highest BCUT2D eigenvalue weighted by Crippen LogP contribution is 2.25. The average molecular weight is 342 g/mol. The van der Waals surface area contributed by atoms with Gasteiger partial charge in [0.2, 0.25) is 0 Å². The largest absolute Gasteiger partial charge is 0.481 e. The Labute approximate surface area is 127 Å². The highest BCUT2D eigenvalue weighted by atomic mass is 79.9. The molecule has 0 radical (unpaired) electrons. The highest BCUT2D eigenvalue weighted by Gasteiger charge is 2.33. The fourth-order valence-electron chi connectivity index (χ4n) is 1.86. The molecule has 4 nitrogen and oxygen atoms in total. The van der Waals surface area contributed by atoms with Crippen molar-refractivity contribution in [2.75, 3.05) is 0 Å². The Bertz CT molecular complexity index is 528. The van der Waals surface area contributed by atoms with Crippen LogP contribution < -0.4 is 5.32 Å². The number of benzene rings is 1. The Hall–Kier alpha value is -1.36. The van der Waals surface area contributed by atoms with Gasteiger partial charge in [0.15, 0.2) is 0 Å². The van der Waals surface area contributed by atoms with Crippen LogP contribution in [0.3, 0.4) is 0 Å². The van der Waals surface area contributed by atoms with Gasteiger partial charge in [-0.05, 0) is 47.3 Å². The molecule has 0 aromatic heterocycles. The molecule has 1 aromatic carbocycles. The number of amides is 1. The summed E-state index contributed by atoms with van der Waals surface area (Å²) in [4.78, 5) is 23.4. The van der Waals surface area contributed by atoms with Crippen molar-refractivity contribution >= 4 is 27.8 Å². The molecule has 0 fully saturated rings. The van der Waals surface area contributed by atoms with E-state index in [1.54, 1.807) is 19.1 Å². The maximum Gasteiger partial charge on any atom is 0.305 e. The van der Waals surface area contributed by atoms with Gasteiger partial charge in [0.05, 0.1) is 17.5 Å². The van der Waals surface area contributed by atoms with E-state index in [1.807, 2.05) is 26.8 Å². The van der Waals surface area contributed by atoms with Gasteiger partial charge in [-0.2, -0.15) is 0 Å². The fourth-order valence-corrected chi connectivity index (χ4v) is 2.30. The predicted octanol–water partition coefficient (Wildman–Crippen LogP) is 3.38. The first-order valence-corrected chi connectivity index (χ1v) is 7.26. The highest BCUT2D eigenvalue weighted by molar-refractivity contribution is 9.10. The molecule has 0 aliphatic heterocycles. The van der Waals surface area contributed by atoms with Crippen LogP contribution >= 0.6 is 15.9 Å². The number of nitrogens with one attached hydrogen (secondary N) is 1. The summed E-state index contributed by atoms with van der Waals surface area (Å²) in [5.74, 6) is -1.19. The van der Waals surface area contributed by atoms with E-state index in [1.165, 1.54) is 0 Å². The van der Waals surface area contributed by atoms with E-state index < -0.39 is 11.5 Å². The van der Waals surface area contributed by atoms with Gasteiger partial charge in [0, 0.05) is 4.47 Å². The van der Waals surface area contributed by atoms with Gasteiger partial charge in [-0.3, -0.25) is 9.59 Å². The first-order chi connectivity index (χ1) is 9.17. The molecule has 1 aromatic rings. The number of hydrogen-bond donors (Lipinski definition) is 2. The number of carboxylic acids is 1. The zero-order chi connectivity index (χ0) is 15.5. The smallest absolute Gasteiger partial charge is 0.305 e. The van der Waals surface area contributed by atoms with Crippen LogP contribution in [-0.4, -0.2) is 22.5 Å². The molecule has 5 heteroatoms. The number of carboxylic acid groups (broad SMARTS) is 1. The summed E-state index contributed by atoms with van der Waals surface area (Å²) in [6.07, 6.45) is -0.111. The molecule has 1 unspecified atom stereocenters. The zero-order valence-electron chi connectivity index (χ0n) is 12.2. The van der Waals surface area contributed by atoms with Crippen molar-refractivity contribution in [3.05, 3.63) is 33.8 Å². The van der Waals surface area contributed by atoms with Gasteiger partial charge < -0.3 is 10.4 Å². The van der Waals surface area contributed by atoms with E-state index in [0.717, 1.165) is 10.0 Å². The molecule has 1 atom stereocenters. The Kier molecular flexibility index (Phi) is 5.34. The zero-order valence-corrected chi connectivity index (χ0v) is 13.7. The number of carbonyl (C=O) groups is 2. The van der Waals surface area contributed by atoms with Gasteiger partial charge in [-0.15, -0.1) is 0 Å². The van der Waals surface area contributed by atoms with E-state index in [-0.39, 0.29) is 18.2 Å². The monoisotopic (exact) mass is 341 g/mol. The molecule has 1 rings (SSSR count). The van der Waals surface area contributed by atoms with Crippen LogP contribution in [0, 0.1) is 12.8 Å². The Balaban J connectivity index is 3.03. The molecule has 0 bridgehead atoms. The molecule has 0 heterocycles. The topological polar surface area (TPSA) is 66.4 Å². The molecule has 1 amide bonds. The predicted molar refractivity (Wildman–Crippen MR) is 81.8 cm³/mol. The van der Waals surface area contributed by atoms with Crippen LogP contribution in [-0.2, 0) is 4.79 Å². The summed E-state index contributed by atoms with van der Waals surface area (Å²) in [7, 11) is 0.